The van der Waals surface area contributed by atoms with Crippen LogP contribution in [0.15, 0.2) is 24.3 Å². The summed E-state index contributed by atoms with van der Waals surface area (Å²) in [6.45, 7) is 3.84. The Morgan fingerprint density at radius 2 is 2.18 bits per heavy atom. The molecule has 3 atom stereocenters. The number of ether oxygens (including phenoxy) is 2. The van der Waals surface area contributed by atoms with Gasteiger partial charge in [0.1, 0.15) is 5.75 Å². The van der Waals surface area contributed by atoms with Crippen molar-refractivity contribution in [2.75, 3.05) is 20.3 Å². The fourth-order valence-corrected chi connectivity index (χ4v) is 2.60. The molecule has 1 aliphatic rings. The predicted octanol–water partition coefficient (Wildman–Crippen LogP) is 2.37. The van der Waals surface area contributed by atoms with Crippen molar-refractivity contribution in [3.05, 3.63) is 29.8 Å². The zero-order valence-electron chi connectivity index (χ0n) is 10.6. The van der Waals surface area contributed by atoms with Crippen LogP contribution in [-0.4, -0.2) is 20.3 Å². The van der Waals surface area contributed by atoms with E-state index in [0.717, 1.165) is 30.9 Å². The first kappa shape index (κ1) is 12.4. The van der Waals surface area contributed by atoms with Gasteiger partial charge >= 0.3 is 0 Å². The van der Waals surface area contributed by atoms with Crippen LogP contribution < -0.4 is 10.5 Å². The van der Waals surface area contributed by atoms with Crippen LogP contribution in [0.3, 0.4) is 0 Å². The van der Waals surface area contributed by atoms with Crippen molar-refractivity contribution in [2.45, 2.75) is 19.4 Å². The van der Waals surface area contributed by atoms with Crippen molar-refractivity contribution in [1.82, 2.24) is 0 Å². The third-order valence-corrected chi connectivity index (χ3v) is 3.67. The molecule has 17 heavy (non-hydrogen) atoms. The normalized spacial score (nSPS) is 26.5. The molecule has 0 aromatic heterocycles. The number of methoxy groups -OCH3 is 1. The molecule has 0 radical (unpaired) electrons. The van der Waals surface area contributed by atoms with Crippen LogP contribution in [0, 0.1) is 11.8 Å². The van der Waals surface area contributed by atoms with Gasteiger partial charge < -0.3 is 15.2 Å². The fraction of sp³-hybridized carbons (Fsp3) is 0.571. The Balaban J connectivity index is 2.20. The van der Waals surface area contributed by atoms with Crippen molar-refractivity contribution in [3.63, 3.8) is 0 Å². The minimum absolute atomic E-state index is 0.0325. The van der Waals surface area contributed by atoms with Crippen LogP contribution in [0.2, 0.25) is 0 Å². The Hall–Kier alpha value is -1.06. The van der Waals surface area contributed by atoms with E-state index >= 15 is 0 Å². The molecular weight excluding hydrogens is 214 g/mol. The molecule has 3 heteroatoms. The topological polar surface area (TPSA) is 44.5 Å². The first-order valence-corrected chi connectivity index (χ1v) is 6.20. The highest BCUT2D eigenvalue weighted by Gasteiger charge is 2.29. The number of hydrogen-bond acceptors (Lipinski definition) is 3. The summed E-state index contributed by atoms with van der Waals surface area (Å²) in [6, 6.07) is 8.06. The molecule has 0 bridgehead atoms. The molecule has 1 saturated heterocycles. The molecule has 0 saturated carbocycles. The molecular formula is C14H21NO2. The molecule has 0 spiro atoms. The summed E-state index contributed by atoms with van der Waals surface area (Å²) < 4.78 is 10.8. The van der Waals surface area contributed by atoms with E-state index in [0.29, 0.717) is 11.8 Å². The molecule has 1 aromatic rings. The summed E-state index contributed by atoms with van der Waals surface area (Å²) in [7, 11) is 1.69. The zero-order chi connectivity index (χ0) is 12.3. The van der Waals surface area contributed by atoms with E-state index in [4.69, 9.17) is 15.2 Å². The van der Waals surface area contributed by atoms with E-state index in [-0.39, 0.29) is 6.04 Å². The van der Waals surface area contributed by atoms with Crippen molar-refractivity contribution in [1.29, 1.82) is 0 Å². The van der Waals surface area contributed by atoms with Crippen molar-refractivity contribution < 1.29 is 9.47 Å². The third-order valence-electron chi connectivity index (χ3n) is 3.67. The summed E-state index contributed by atoms with van der Waals surface area (Å²) >= 11 is 0. The van der Waals surface area contributed by atoms with Crippen LogP contribution in [0.25, 0.3) is 0 Å². The molecule has 0 amide bonds. The highest BCUT2D eigenvalue weighted by Crippen LogP contribution is 2.35. The van der Waals surface area contributed by atoms with E-state index < -0.39 is 0 Å². The van der Waals surface area contributed by atoms with Crippen LogP contribution >= 0.6 is 0 Å². The molecule has 3 nitrogen and oxygen atoms in total. The van der Waals surface area contributed by atoms with Gasteiger partial charge in [-0.2, -0.15) is 0 Å². The lowest BCUT2D eigenvalue weighted by Crippen LogP contribution is -2.34. The number of benzene rings is 1. The van der Waals surface area contributed by atoms with E-state index in [1.54, 1.807) is 7.11 Å². The van der Waals surface area contributed by atoms with Crippen molar-refractivity contribution in [3.8, 4) is 5.75 Å². The Kier molecular flexibility index (Phi) is 4.02. The maximum Gasteiger partial charge on any atom is 0.123 e. The Morgan fingerprint density at radius 1 is 1.41 bits per heavy atom. The zero-order valence-corrected chi connectivity index (χ0v) is 10.6. The van der Waals surface area contributed by atoms with Gasteiger partial charge in [-0.25, -0.2) is 0 Å². The highest BCUT2D eigenvalue weighted by atomic mass is 16.5. The molecule has 2 N–H and O–H groups in total. The monoisotopic (exact) mass is 235 g/mol. The van der Waals surface area contributed by atoms with Gasteiger partial charge in [-0.3, -0.25) is 0 Å². The molecule has 3 unspecified atom stereocenters. The van der Waals surface area contributed by atoms with Crippen LogP contribution in [0.5, 0.6) is 5.75 Å². The SMILES string of the molecule is COc1ccccc1C(N)C1CCOCC1C. The maximum atomic E-state index is 6.40. The minimum atomic E-state index is 0.0325. The van der Waals surface area contributed by atoms with Crippen LogP contribution in [0.1, 0.15) is 24.9 Å². The molecule has 1 aromatic carbocycles. The second kappa shape index (κ2) is 5.52. The summed E-state index contributed by atoms with van der Waals surface area (Å²) in [5.41, 5.74) is 7.51. The predicted molar refractivity (Wildman–Crippen MR) is 68.0 cm³/mol. The largest absolute Gasteiger partial charge is 0.496 e. The van der Waals surface area contributed by atoms with Crippen LogP contribution in [-0.2, 0) is 4.74 Å². The smallest absolute Gasteiger partial charge is 0.123 e. The quantitative estimate of drug-likeness (QED) is 0.874. The van der Waals surface area contributed by atoms with Gasteiger partial charge in [0.2, 0.25) is 0 Å². The molecule has 1 aliphatic heterocycles. The van der Waals surface area contributed by atoms with Gasteiger partial charge in [-0.05, 0) is 24.3 Å². The average molecular weight is 235 g/mol. The van der Waals surface area contributed by atoms with E-state index in [2.05, 4.69) is 13.0 Å². The lowest BCUT2D eigenvalue weighted by atomic mass is 9.81. The summed E-state index contributed by atoms with van der Waals surface area (Å²) in [5.74, 6) is 1.86. The van der Waals surface area contributed by atoms with Gasteiger partial charge in [0.05, 0.1) is 7.11 Å². The number of para-hydroxylation sites is 1. The first-order valence-electron chi connectivity index (χ1n) is 6.20. The second-order valence-corrected chi connectivity index (χ2v) is 4.77. The van der Waals surface area contributed by atoms with E-state index in [9.17, 15) is 0 Å². The fourth-order valence-electron chi connectivity index (χ4n) is 2.60. The Morgan fingerprint density at radius 3 is 2.88 bits per heavy atom. The van der Waals surface area contributed by atoms with Gasteiger partial charge in [-0.15, -0.1) is 0 Å². The first-order chi connectivity index (χ1) is 8.24. The molecule has 0 aliphatic carbocycles. The Bertz CT molecular complexity index is 367. The summed E-state index contributed by atoms with van der Waals surface area (Å²) in [5, 5.41) is 0. The summed E-state index contributed by atoms with van der Waals surface area (Å²) in [6.07, 6.45) is 1.03. The highest BCUT2D eigenvalue weighted by molar-refractivity contribution is 5.36. The number of rotatable bonds is 3. The van der Waals surface area contributed by atoms with Crippen molar-refractivity contribution >= 4 is 0 Å². The maximum absolute atomic E-state index is 6.40. The molecule has 1 fully saturated rings. The van der Waals surface area contributed by atoms with Gasteiger partial charge in [0.25, 0.3) is 0 Å². The third kappa shape index (κ3) is 2.61. The lowest BCUT2D eigenvalue weighted by molar-refractivity contribution is 0.0152. The standard InChI is InChI=1S/C14H21NO2/c1-10-9-17-8-7-11(10)14(15)12-5-3-4-6-13(12)16-2/h3-6,10-11,14H,7-9,15H2,1-2H3. The lowest BCUT2D eigenvalue weighted by Gasteiger charge is -2.34. The number of hydrogen-bond donors (Lipinski definition) is 1. The van der Waals surface area contributed by atoms with E-state index in [1.807, 2.05) is 18.2 Å². The van der Waals surface area contributed by atoms with E-state index in [1.165, 1.54) is 0 Å². The Labute approximate surface area is 103 Å². The minimum Gasteiger partial charge on any atom is -0.496 e. The van der Waals surface area contributed by atoms with Gasteiger partial charge in [-0.1, -0.05) is 25.1 Å². The number of nitrogens with two attached hydrogens (primary N) is 1. The summed E-state index contributed by atoms with van der Waals surface area (Å²) in [4.78, 5) is 0. The molecule has 94 valence electrons. The van der Waals surface area contributed by atoms with Crippen LogP contribution in [0.4, 0.5) is 0 Å². The average Bonchev–Trinajstić information content (AvgIpc) is 2.38. The molecule has 1 heterocycles. The second-order valence-electron chi connectivity index (χ2n) is 4.77. The van der Waals surface area contributed by atoms with Crippen molar-refractivity contribution in [2.24, 2.45) is 17.6 Å². The van der Waals surface area contributed by atoms with Gasteiger partial charge in [0, 0.05) is 24.8 Å². The molecule has 2 rings (SSSR count). The van der Waals surface area contributed by atoms with Gasteiger partial charge in [0.15, 0.2) is 0 Å².